The maximum absolute atomic E-state index is 13.3. The van der Waals surface area contributed by atoms with Crippen LogP contribution >= 0.6 is 0 Å². The van der Waals surface area contributed by atoms with Crippen molar-refractivity contribution in [3.05, 3.63) is 48.5 Å². The molecule has 10 heteroatoms. The van der Waals surface area contributed by atoms with Crippen molar-refractivity contribution >= 4 is 21.7 Å². The van der Waals surface area contributed by atoms with Gasteiger partial charge in [0.05, 0.1) is 25.7 Å². The summed E-state index contributed by atoms with van der Waals surface area (Å²) in [6.45, 7) is 1.38. The fraction of sp³-hybridized carbons (Fsp3) is 0.409. The Balaban J connectivity index is 1.43. The molecule has 0 saturated carbocycles. The van der Waals surface area contributed by atoms with Gasteiger partial charge in [-0.2, -0.15) is 4.31 Å². The molecular formula is C22H27N3O6S. The zero-order valence-electron chi connectivity index (χ0n) is 18.1. The van der Waals surface area contributed by atoms with E-state index in [0.717, 1.165) is 0 Å². The summed E-state index contributed by atoms with van der Waals surface area (Å²) in [5.74, 6) is 1.30. The zero-order chi connectivity index (χ0) is 22.8. The Kier molecular flexibility index (Phi) is 6.27. The van der Waals surface area contributed by atoms with Crippen molar-refractivity contribution in [1.29, 1.82) is 0 Å². The third-order valence-corrected chi connectivity index (χ3v) is 7.90. The fourth-order valence-corrected chi connectivity index (χ4v) is 5.86. The van der Waals surface area contributed by atoms with E-state index in [1.54, 1.807) is 48.4 Å². The molecule has 2 aliphatic rings. The van der Waals surface area contributed by atoms with E-state index >= 15 is 0 Å². The number of amides is 2. The van der Waals surface area contributed by atoms with E-state index in [4.69, 9.17) is 14.2 Å². The van der Waals surface area contributed by atoms with E-state index in [-0.39, 0.29) is 17.5 Å². The second kappa shape index (κ2) is 8.97. The maximum atomic E-state index is 13.3. The summed E-state index contributed by atoms with van der Waals surface area (Å²) in [4.78, 5) is 14.6. The highest BCUT2D eigenvalue weighted by Gasteiger charge is 2.51. The van der Waals surface area contributed by atoms with E-state index in [9.17, 15) is 13.2 Å². The number of nitrogens with zero attached hydrogens (tertiary/aromatic N) is 2. The summed E-state index contributed by atoms with van der Waals surface area (Å²) < 4.78 is 44.3. The summed E-state index contributed by atoms with van der Waals surface area (Å²) in [5.41, 5.74) is -0.271. The number of ether oxygens (including phenoxy) is 3. The minimum absolute atomic E-state index is 0.197. The molecule has 1 N–H and O–H groups in total. The summed E-state index contributed by atoms with van der Waals surface area (Å²) in [5, 5.41) is 2.87. The molecule has 0 radical (unpaired) electrons. The van der Waals surface area contributed by atoms with Gasteiger partial charge in [0.2, 0.25) is 10.0 Å². The molecule has 4 rings (SSSR count). The number of rotatable bonds is 5. The topological polar surface area (TPSA) is 97.4 Å². The van der Waals surface area contributed by atoms with Crippen molar-refractivity contribution in [3.8, 4) is 11.5 Å². The number of benzene rings is 2. The second-order valence-corrected chi connectivity index (χ2v) is 9.56. The smallest absolute Gasteiger partial charge is 0.321 e. The predicted octanol–water partition coefficient (Wildman–Crippen LogP) is 2.75. The third-order valence-electron chi connectivity index (χ3n) is 5.94. The van der Waals surface area contributed by atoms with Gasteiger partial charge in [-0.15, -0.1) is 0 Å². The Morgan fingerprint density at radius 3 is 2.06 bits per heavy atom. The molecular weight excluding hydrogens is 434 g/mol. The largest absolute Gasteiger partial charge is 0.497 e. The molecule has 2 aliphatic heterocycles. The van der Waals surface area contributed by atoms with Crippen LogP contribution in [0.2, 0.25) is 0 Å². The Labute approximate surface area is 187 Å². The van der Waals surface area contributed by atoms with Gasteiger partial charge in [0.15, 0.2) is 0 Å². The number of likely N-dealkylation sites (tertiary alicyclic amines) is 1. The van der Waals surface area contributed by atoms with E-state index in [0.29, 0.717) is 49.7 Å². The first-order valence-electron chi connectivity index (χ1n) is 10.4. The highest BCUT2D eigenvalue weighted by Crippen LogP contribution is 2.38. The quantitative estimate of drug-likeness (QED) is 0.735. The molecule has 2 amide bonds. The molecule has 0 aromatic heterocycles. The number of methoxy groups -OCH3 is 2. The first kappa shape index (κ1) is 22.4. The first-order chi connectivity index (χ1) is 15.4. The van der Waals surface area contributed by atoms with Gasteiger partial charge in [-0.3, -0.25) is 0 Å². The highest BCUT2D eigenvalue weighted by atomic mass is 32.2. The van der Waals surface area contributed by atoms with Crippen LogP contribution in [0.1, 0.15) is 12.8 Å². The zero-order valence-corrected chi connectivity index (χ0v) is 18.9. The van der Waals surface area contributed by atoms with Crippen LogP contribution < -0.4 is 14.8 Å². The van der Waals surface area contributed by atoms with Gasteiger partial charge >= 0.3 is 6.03 Å². The average molecular weight is 462 g/mol. The third kappa shape index (κ3) is 4.25. The van der Waals surface area contributed by atoms with Crippen molar-refractivity contribution in [2.45, 2.75) is 23.5 Å². The van der Waals surface area contributed by atoms with Crippen LogP contribution in [0.4, 0.5) is 10.5 Å². The number of carbonyl (C=O) groups excluding carboxylic acids is 1. The van der Waals surface area contributed by atoms with Crippen molar-refractivity contribution in [1.82, 2.24) is 9.21 Å². The Morgan fingerprint density at radius 1 is 0.938 bits per heavy atom. The number of sulfonamides is 1. The van der Waals surface area contributed by atoms with Crippen LogP contribution in [0.15, 0.2) is 53.4 Å². The Bertz CT molecular complexity index is 1050. The molecule has 1 spiro atoms. The number of anilines is 1. The number of hydrogen-bond donors (Lipinski definition) is 1. The monoisotopic (exact) mass is 461 g/mol. The van der Waals surface area contributed by atoms with Gasteiger partial charge in [-0.25, -0.2) is 13.2 Å². The lowest BCUT2D eigenvalue weighted by atomic mass is 10.0. The molecule has 9 nitrogen and oxygen atoms in total. The lowest BCUT2D eigenvalue weighted by Gasteiger charge is -2.42. The van der Waals surface area contributed by atoms with Crippen molar-refractivity contribution in [2.75, 3.05) is 45.8 Å². The summed E-state index contributed by atoms with van der Waals surface area (Å²) >= 11 is 0. The standard InChI is InChI=1S/C22H27N3O6S/c1-29-18-5-3-17(4-6-18)23-21(26)24-13-11-22(12-14-24)25(15-16-31-22)32(27,28)20-9-7-19(30-2)8-10-20/h3-10H,11-16H2,1-2H3,(H,23,26). The number of urea groups is 1. The number of carbonyl (C=O) groups is 1. The molecule has 0 atom stereocenters. The molecule has 2 heterocycles. The minimum atomic E-state index is -3.74. The van der Waals surface area contributed by atoms with E-state index in [1.165, 1.54) is 23.5 Å². The van der Waals surface area contributed by atoms with Gasteiger partial charge in [-0.1, -0.05) is 0 Å². The van der Waals surface area contributed by atoms with E-state index in [1.807, 2.05) is 0 Å². The van der Waals surface area contributed by atoms with Gasteiger partial charge in [-0.05, 0) is 48.5 Å². The van der Waals surface area contributed by atoms with Crippen LogP contribution in [0.5, 0.6) is 11.5 Å². The normalized spacial score (nSPS) is 18.5. The fourth-order valence-electron chi connectivity index (χ4n) is 4.14. The molecule has 0 aliphatic carbocycles. The minimum Gasteiger partial charge on any atom is -0.497 e. The Hall–Kier alpha value is -2.82. The second-order valence-electron chi connectivity index (χ2n) is 7.69. The highest BCUT2D eigenvalue weighted by molar-refractivity contribution is 7.89. The predicted molar refractivity (Wildman–Crippen MR) is 118 cm³/mol. The summed E-state index contributed by atoms with van der Waals surface area (Å²) in [6, 6.07) is 13.2. The SMILES string of the molecule is COc1ccc(NC(=O)N2CCC3(CC2)OCCN3S(=O)(=O)c2ccc(OC)cc2)cc1. The first-order valence-corrected chi connectivity index (χ1v) is 11.8. The van der Waals surface area contributed by atoms with E-state index < -0.39 is 15.7 Å². The van der Waals surface area contributed by atoms with Crippen molar-refractivity contribution < 1.29 is 27.4 Å². The number of nitrogens with one attached hydrogen (secondary N) is 1. The lowest BCUT2D eigenvalue weighted by molar-refractivity contribution is -0.0840. The molecule has 32 heavy (non-hydrogen) atoms. The van der Waals surface area contributed by atoms with Crippen LogP contribution in [-0.2, 0) is 14.8 Å². The Morgan fingerprint density at radius 2 is 1.50 bits per heavy atom. The van der Waals surface area contributed by atoms with Gasteiger partial charge in [0.1, 0.15) is 17.2 Å². The average Bonchev–Trinajstić information content (AvgIpc) is 3.23. The number of piperidine rings is 1. The van der Waals surface area contributed by atoms with Crippen LogP contribution in [0, 0.1) is 0 Å². The molecule has 2 aromatic rings. The van der Waals surface area contributed by atoms with E-state index in [2.05, 4.69) is 5.32 Å². The lowest BCUT2D eigenvalue weighted by Crippen LogP contribution is -2.56. The molecule has 0 unspecified atom stereocenters. The van der Waals surface area contributed by atoms with Gasteiger partial charge < -0.3 is 24.4 Å². The van der Waals surface area contributed by atoms with Crippen LogP contribution in [0.3, 0.4) is 0 Å². The van der Waals surface area contributed by atoms with Gasteiger partial charge in [0, 0.05) is 38.2 Å². The van der Waals surface area contributed by atoms with Crippen molar-refractivity contribution in [3.63, 3.8) is 0 Å². The molecule has 2 aromatic carbocycles. The van der Waals surface area contributed by atoms with Crippen molar-refractivity contribution in [2.24, 2.45) is 0 Å². The molecule has 2 fully saturated rings. The molecule has 2 saturated heterocycles. The molecule has 0 bridgehead atoms. The van der Waals surface area contributed by atoms with Crippen LogP contribution in [0.25, 0.3) is 0 Å². The maximum Gasteiger partial charge on any atom is 0.321 e. The van der Waals surface area contributed by atoms with Crippen LogP contribution in [-0.4, -0.2) is 69.8 Å². The summed E-state index contributed by atoms with van der Waals surface area (Å²) in [7, 11) is -0.626. The van der Waals surface area contributed by atoms with Gasteiger partial charge in [0.25, 0.3) is 0 Å². The number of hydrogen-bond acceptors (Lipinski definition) is 6. The summed E-state index contributed by atoms with van der Waals surface area (Å²) in [6.07, 6.45) is 0.802. The molecule has 172 valence electrons.